The summed E-state index contributed by atoms with van der Waals surface area (Å²) < 4.78 is 0. The molecule has 0 amide bonds. The molecular formula is C12H16O2. The molecule has 0 aromatic heterocycles. The third-order valence-corrected chi connectivity index (χ3v) is 1.64. The van der Waals surface area contributed by atoms with Crippen LogP contribution in [0.3, 0.4) is 0 Å². The molecule has 0 aliphatic carbocycles. The van der Waals surface area contributed by atoms with Crippen molar-refractivity contribution in [3.05, 3.63) is 48.6 Å². The summed E-state index contributed by atoms with van der Waals surface area (Å²) in [5.41, 5.74) is 1.08. The number of carbonyl (C=O) groups is 1. The SMILES string of the molecule is C=CC=C(C)C=CC=CC(C)C(=O)O. The summed E-state index contributed by atoms with van der Waals surface area (Å²) in [5.74, 6) is -1.25. The van der Waals surface area contributed by atoms with Gasteiger partial charge in [0.2, 0.25) is 0 Å². The Morgan fingerprint density at radius 1 is 1.43 bits per heavy atom. The van der Waals surface area contributed by atoms with Crippen LogP contribution in [-0.4, -0.2) is 11.1 Å². The van der Waals surface area contributed by atoms with Crippen molar-refractivity contribution in [2.45, 2.75) is 13.8 Å². The first-order valence-electron chi connectivity index (χ1n) is 4.45. The Balaban J connectivity index is 4.11. The Labute approximate surface area is 85.0 Å². The van der Waals surface area contributed by atoms with Gasteiger partial charge in [-0.15, -0.1) is 0 Å². The molecule has 0 saturated heterocycles. The molecule has 76 valence electrons. The van der Waals surface area contributed by atoms with Crippen molar-refractivity contribution >= 4 is 5.97 Å². The van der Waals surface area contributed by atoms with E-state index in [0.29, 0.717) is 0 Å². The van der Waals surface area contributed by atoms with Crippen LogP contribution in [0.5, 0.6) is 0 Å². The summed E-state index contributed by atoms with van der Waals surface area (Å²) in [6, 6.07) is 0. The summed E-state index contributed by atoms with van der Waals surface area (Å²) in [6.07, 6.45) is 10.7. The predicted molar refractivity (Wildman–Crippen MR) is 59.0 cm³/mol. The Bertz CT molecular complexity index is 283. The number of carboxylic acid groups (broad SMARTS) is 1. The molecule has 0 saturated carbocycles. The largest absolute Gasteiger partial charge is 0.481 e. The lowest BCUT2D eigenvalue weighted by molar-refractivity contribution is -0.139. The maximum Gasteiger partial charge on any atom is 0.310 e. The first kappa shape index (κ1) is 12.4. The second-order valence-corrected chi connectivity index (χ2v) is 3.02. The molecule has 1 atom stereocenters. The van der Waals surface area contributed by atoms with E-state index in [0.717, 1.165) is 5.57 Å². The van der Waals surface area contributed by atoms with E-state index < -0.39 is 11.9 Å². The van der Waals surface area contributed by atoms with E-state index in [9.17, 15) is 4.79 Å². The van der Waals surface area contributed by atoms with Gasteiger partial charge in [0.15, 0.2) is 0 Å². The maximum absolute atomic E-state index is 10.4. The van der Waals surface area contributed by atoms with Crippen LogP contribution < -0.4 is 0 Å². The minimum Gasteiger partial charge on any atom is -0.481 e. The van der Waals surface area contributed by atoms with Gasteiger partial charge in [-0.1, -0.05) is 48.6 Å². The van der Waals surface area contributed by atoms with E-state index in [1.54, 1.807) is 25.2 Å². The lowest BCUT2D eigenvalue weighted by Gasteiger charge is -1.94. The molecule has 0 rings (SSSR count). The average molecular weight is 192 g/mol. The van der Waals surface area contributed by atoms with Gasteiger partial charge in [0.25, 0.3) is 0 Å². The van der Waals surface area contributed by atoms with Gasteiger partial charge in [-0.05, 0) is 13.8 Å². The van der Waals surface area contributed by atoms with Crippen molar-refractivity contribution in [3.8, 4) is 0 Å². The molecule has 0 aromatic rings. The predicted octanol–water partition coefficient (Wildman–Crippen LogP) is 2.95. The van der Waals surface area contributed by atoms with Crippen LogP contribution in [0.1, 0.15) is 13.8 Å². The molecule has 0 aromatic carbocycles. The van der Waals surface area contributed by atoms with Crippen LogP contribution in [0.2, 0.25) is 0 Å². The van der Waals surface area contributed by atoms with Crippen molar-refractivity contribution in [1.82, 2.24) is 0 Å². The molecule has 0 spiro atoms. The molecule has 0 aliphatic heterocycles. The number of hydrogen-bond acceptors (Lipinski definition) is 1. The zero-order chi connectivity index (χ0) is 11.0. The van der Waals surface area contributed by atoms with Crippen LogP contribution in [0.4, 0.5) is 0 Å². The number of aliphatic carboxylic acids is 1. The molecule has 1 unspecified atom stereocenters. The zero-order valence-electron chi connectivity index (χ0n) is 8.60. The van der Waals surface area contributed by atoms with E-state index in [4.69, 9.17) is 5.11 Å². The average Bonchev–Trinajstić information content (AvgIpc) is 2.12. The summed E-state index contributed by atoms with van der Waals surface area (Å²) in [4.78, 5) is 10.4. The molecule has 0 heterocycles. The van der Waals surface area contributed by atoms with E-state index in [2.05, 4.69) is 6.58 Å². The highest BCUT2D eigenvalue weighted by Crippen LogP contribution is 1.99. The quantitative estimate of drug-likeness (QED) is 0.680. The van der Waals surface area contributed by atoms with Crippen LogP contribution in [0.15, 0.2) is 48.6 Å². The molecule has 0 aliphatic rings. The van der Waals surface area contributed by atoms with Crippen molar-refractivity contribution in [2.24, 2.45) is 5.92 Å². The molecule has 2 heteroatoms. The lowest BCUT2D eigenvalue weighted by Crippen LogP contribution is -2.05. The second kappa shape index (κ2) is 6.89. The fourth-order valence-corrected chi connectivity index (χ4v) is 0.762. The van der Waals surface area contributed by atoms with Crippen LogP contribution in [0, 0.1) is 5.92 Å². The maximum atomic E-state index is 10.4. The van der Waals surface area contributed by atoms with Crippen molar-refractivity contribution in [2.75, 3.05) is 0 Å². The van der Waals surface area contributed by atoms with Crippen molar-refractivity contribution < 1.29 is 9.90 Å². The molecule has 1 N–H and O–H groups in total. The second-order valence-electron chi connectivity index (χ2n) is 3.02. The van der Waals surface area contributed by atoms with Gasteiger partial charge in [0.05, 0.1) is 5.92 Å². The Morgan fingerprint density at radius 2 is 2.07 bits per heavy atom. The van der Waals surface area contributed by atoms with Gasteiger partial charge in [-0.2, -0.15) is 0 Å². The van der Waals surface area contributed by atoms with Crippen LogP contribution in [0.25, 0.3) is 0 Å². The minimum atomic E-state index is -0.812. The number of allylic oxidation sites excluding steroid dienone is 6. The summed E-state index contributed by atoms with van der Waals surface area (Å²) in [6.45, 7) is 7.16. The lowest BCUT2D eigenvalue weighted by atomic mass is 10.1. The van der Waals surface area contributed by atoms with E-state index in [1.165, 1.54) is 0 Å². The van der Waals surface area contributed by atoms with Gasteiger partial charge in [-0.25, -0.2) is 0 Å². The Kier molecular flexibility index (Phi) is 6.12. The van der Waals surface area contributed by atoms with Crippen LogP contribution >= 0.6 is 0 Å². The van der Waals surface area contributed by atoms with E-state index >= 15 is 0 Å². The number of carboxylic acids is 1. The molecule has 0 bridgehead atoms. The van der Waals surface area contributed by atoms with Crippen molar-refractivity contribution in [3.63, 3.8) is 0 Å². The standard InChI is InChI=1S/C12H16O2/c1-4-7-10(2)8-5-6-9-11(3)12(13)14/h4-9,11H,1H2,2-3H3,(H,13,14). The van der Waals surface area contributed by atoms with Gasteiger partial charge >= 0.3 is 5.97 Å². The molecule has 14 heavy (non-hydrogen) atoms. The summed E-state index contributed by atoms with van der Waals surface area (Å²) in [5, 5.41) is 8.57. The molecular weight excluding hydrogens is 176 g/mol. The zero-order valence-corrected chi connectivity index (χ0v) is 8.60. The summed E-state index contributed by atoms with van der Waals surface area (Å²) >= 11 is 0. The third-order valence-electron chi connectivity index (χ3n) is 1.64. The number of hydrogen-bond donors (Lipinski definition) is 1. The first-order valence-corrected chi connectivity index (χ1v) is 4.45. The van der Waals surface area contributed by atoms with Gasteiger partial charge < -0.3 is 5.11 Å². The van der Waals surface area contributed by atoms with Crippen molar-refractivity contribution in [1.29, 1.82) is 0 Å². The molecule has 0 fully saturated rings. The highest BCUT2D eigenvalue weighted by atomic mass is 16.4. The van der Waals surface area contributed by atoms with Gasteiger partial charge in [0.1, 0.15) is 0 Å². The Morgan fingerprint density at radius 3 is 2.57 bits per heavy atom. The summed E-state index contributed by atoms with van der Waals surface area (Å²) in [7, 11) is 0. The van der Waals surface area contributed by atoms with Crippen LogP contribution in [-0.2, 0) is 4.79 Å². The fraction of sp³-hybridized carbons (Fsp3) is 0.250. The first-order chi connectivity index (χ1) is 6.57. The minimum absolute atomic E-state index is 0.441. The fourth-order valence-electron chi connectivity index (χ4n) is 0.762. The normalized spacial score (nSPS) is 14.9. The number of rotatable bonds is 5. The molecule has 2 nitrogen and oxygen atoms in total. The third kappa shape index (κ3) is 6.00. The van der Waals surface area contributed by atoms with E-state index in [-0.39, 0.29) is 0 Å². The monoisotopic (exact) mass is 192 g/mol. The van der Waals surface area contributed by atoms with Gasteiger partial charge in [0, 0.05) is 0 Å². The van der Waals surface area contributed by atoms with Gasteiger partial charge in [-0.3, -0.25) is 4.79 Å². The highest BCUT2D eigenvalue weighted by molar-refractivity contribution is 5.71. The Hall–Kier alpha value is -1.57. The highest BCUT2D eigenvalue weighted by Gasteiger charge is 2.03. The smallest absolute Gasteiger partial charge is 0.310 e. The molecule has 0 radical (unpaired) electrons. The van der Waals surface area contributed by atoms with E-state index in [1.807, 2.05) is 25.2 Å². The topological polar surface area (TPSA) is 37.3 Å².